The second kappa shape index (κ2) is 4.11. The highest BCUT2D eigenvalue weighted by atomic mass is 32.1. The summed E-state index contributed by atoms with van der Waals surface area (Å²) < 4.78 is 0. The number of amides is 1. The average Bonchev–Trinajstić information content (AvgIpc) is 2.88. The molecule has 0 aromatic carbocycles. The summed E-state index contributed by atoms with van der Waals surface area (Å²) in [5.41, 5.74) is 0. The van der Waals surface area contributed by atoms with E-state index in [0.29, 0.717) is 6.61 Å². The molecule has 0 bridgehead atoms. The molecule has 0 saturated carbocycles. The van der Waals surface area contributed by atoms with Gasteiger partial charge in [-0.2, -0.15) is 0 Å². The Balaban J connectivity index is 2.09. The van der Waals surface area contributed by atoms with E-state index in [1.54, 1.807) is 11.3 Å². The lowest BCUT2D eigenvalue weighted by atomic mass is 10.3. The molecular formula is C10H13NO2S. The molecule has 1 amide bonds. The molecule has 14 heavy (non-hydrogen) atoms. The number of carbonyl (C=O) groups excluding carboxylic acids is 1. The highest BCUT2D eigenvalue weighted by molar-refractivity contribution is 7.14. The maximum atomic E-state index is 11.8. The summed E-state index contributed by atoms with van der Waals surface area (Å²) in [5.74, 6) is 0.00667. The Labute approximate surface area is 87.2 Å². The van der Waals surface area contributed by atoms with E-state index in [-0.39, 0.29) is 5.91 Å². The second-order valence-electron chi connectivity index (χ2n) is 3.21. The summed E-state index contributed by atoms with van der Waals surface area (Å²) >= 11 is 1.56. The number of rotatable bonds is 2. The van der Waals surface area contributed by atoms with E-state index in [1.807, 2.05) is 12.1 Å². The maximum Gasteiger partial charge on any atom is 0.287 e. The first kappa shape index (κ1) is 9.68. The summed E-state index contributed by atoms with van der Waals surface area (Å²) in [7, 11) is 0. The van der Waals surface area contributed by atoms with Crippen molar-refractivity contribution in [3.05, 3.63) is 21.9 Å². The van der Waals surface area contributed by atoms with Gasteiger partial charge in [0.25, 0.3) is 5.91 Å². The number of nitrogens with zero attached hydrogens (tertiary/aromatic N) is 1. The van der Waals surface area contributed by atoms with Crippen LogP contribution < -0.4 is 0 Å². The summed E-state index contributed by atoms with van der Waals surface area (Å²) in [6.07, 6.45) is 1.93. The van der Waals surface area contributed by atoms with Crippen molar-refractivity contribution in [2.24, 2.45) is 0 Å². The predicted octanol–water partition coefficient (Wildman–Crippen LogP) is 2.09. The van der Waals surface area contributed by atoms with Gasteiger partial charge in [0.1, 0.15) is 0 Å². The van der Waals surface area contributed by atoms with Crippen LogP contribution >= 0.6 is 11.3 Å². The number of hydroxylamine groups is 2. The minimum absolute atomic E-state index is 0.00667. The van der Waals surface area contributed by atoms with Crippen LogP contribution in [0.1, 0.15) is 27.9 Å². The molecule has 2 heterocycles. The fraction of sp³-hybridized carbons (Fsp3) is 0.500. The average molecular weight is 211 g/mol. The van der Waals surface area contributed by atoms with Gasteiger partial charge in [-0.1, -0.05) is 6.92 Å². The molecule has 1 saturated heterocycles. The first-order valence-corrected chi connectivity index (χ1v) is 5.66. The molecule has 3 nitrogen and oxygen atoms in total. The fourth-order valence-electron chi connectivity index (χ4n) is 1.41. The highest BCUT2D eigenvalue weighted by Crippen LogP contribution is 2.20. The van der Waals surface area contributed by atoms with Crippen LogP contribution in [0.2, 0.25) is 0 Å². The van der Waals surface area contributed by atoms with Crippen molar-refractivity contribution >= 4 is 17.2 Å². The van der Waals surface area contributed by atoms with Crippen molar-refractivity contribution in [1.82, 2.24) is 5.06 Å². The van der Waals surface area contributed by atoms with E-state index < -0.39 is 0 Å². The van der Waals surface area contributed by atoms with Crippen LogP contribution in [-0.4, -0.2) is 24.1 Å². The van der Waals surface area contributed by atoms with Gasteiger partial charge in [0.2, 0.25) is 0 Å². The topological polar surface area (TPSA) is 29.5 Å². The largest absolute Gasteiger partial charge is 0.287 e. The fourth-order valence-corrected chi connectivity index (χ4v) is 2.30. The van der Waals surface area contributed by atoms with Crippen molar-refractivity contribution in [2.75, 3.05) is 13.2 Å². The molecular weight excluding hydrogens is 198 g/mol. The number of carbonyl (C=O) groups is 1. The Morgan fingerprint density at radius 3 is 3.07 bits per heavy atom. The van der Waals surface area contributed by atoms with Gasteiger partial charge in [-0.25, -0.2) is 5.06 Å². The smallest absolute Gasteiger partial charge is 0.271 e. The van der Waals surface area contributed by atoms with Gasteiger partial charge < -0.3 is 0 Å². The molecule has 0 N–H and O–H groups in total. The zero-order valence-corrected chi connectivity index (χ0v) is 8.97. The Bertz CT molecular complexity index is 329. The minimum Gasteiger partial charge on any atom is -0.271 e. The van der Waals surface area contributed by atoms with Gasteiger partial charge in [-0.15, -0.1) is 11.3 Å². The lowest BCUT2D eigenvalue weighted by molar-refractivity contribution is -0.0765. The molecule has 2 rings (SSSR count). The molecule has 1 aliphatic rings. The molecule has 0 atom stereocenters. The van der Waals surface area contributed by atoms with Gasteiger partial charge in [-0.05, 0) is 25.0 Å². The minimum atomic E-state index is 0.00667. The first-order chi connectivity index (χ1) is 6.81. The third kappa shape index (κ3) is 1.81. The Morgan fingerprint density at radius 2 is 2.50 bits per heavy atom. The van der Waals surface area contributed by atoms with E-state index in [0.717, 1.165) is 24.3 Å². The van der Waals surface area contributed by atoms with Crippen LogP contribution in [-0.2, 0) is 11.3 Å². The van der Waals surface area contributed by atoms with E-state index in [1.165, 1.54) is 9.94 Å². The zero-order chi connectivity index (χ0) is 9.97. The number of hydrogen-bond donors (Lipinski definition) is 0. The van der Waals surface area contributed by atoms with E-state index >= 15 is 0 Å². The van der Waals surface area contributed by atoms with Crippen LogP contribution in [0, 0.1) is 0 Å². The molecule has 0 unspecified atom stereocenters. The monoisotopic (exact) mass is 211 g/mol. The Morgan fingerprint density at radius 1 is 1.64 bits per heavy atom. The molecule has 0 spiro atoms. The van der Waals surface area contributed by atoms with Crippen LogP contribution in [0.5, 0.6) is 0 Å². The van der Waals surface area contributed by atoms with Gasteiger partial charge in [-0.3, -0.25) is 9.63 Å². The molecule has 4 heteroatoms. The quantitative estimate of drug-likeness (QED) is 0.749. The molecule has 1 aromatic heterocycles. The lowest BCUT2D eigenvalue weighted by Gasteiger charge is -2.11. The first-order valence-electron chi connectivity index (χ1n) is 4.84. The van der Waals surface area contributed by atoms with E-state index in [2.05, 4.69) is 6.92 Å². The third-order valence-corrected chi connectivity index (χ3v) is 3.42. The summed E-state index contributed by atoms with van der Waals surface area (Å²) in [5, 5.41) is 1.46. The van der Waals surface area contributed by atoms with Gasteiger partial charge >= 0.3 is 0 Å². The molecule has 0 radical (unpaired) electrons. The van der Waals surface area contributed by atoms with Crippen molar-refractivity contribution in [3.8, 4) is 0 Å². The third-order valence-electron chi connectivity index (χ3n) is 2.20. The van der Waals surface area contributed by atoms with Gasteiger partial charge in [0.15, 0.2) is 0 Å². The van der Waals surface area contributed by atoms with E-state index in [4.69, 9.17) is 4.84 Å². The van der Waals surface area contributed by atoms with Gasteiger partial charge in [0, 0.05) is 4.88 Å². The van der Waals surface area contributed by atoms with E-state index in [9.17, 15) is 4.79 Å². The second-order valence-corrected chi connectivity index (χ2v) is 4.38. The van der Waals surface area contributed by atoms with Crippen molar-refractivity contribution in [1.29, 1.82) is 0 Å². The lowest BCUT2D eigenvalue weighted by Crippen LogP contribution is -2.25. The maximum absolute atomic E-state index is 11.8. The zero-order valence-electron chi connectivity index (χ0n) is 8.16. The van der Waals surface area contributed by atoms with Gasteiger partial charge in [0.05, 0.1) is 18.0 Å². The highest BCUT2D eigenvalue weighted by Gasteiger charge is 2.21. The van der Waals surface area contributed by atoms with Crippen LogP contribution in [0.4, 0.5) is 0 Å². The molecule has 0 aliphatic carbocycles. The predicted molar refractivity (Wildman–Crippen MR) is 55.3 cm³/mol. The van der Waals surface area contributed by atoms with Crippen molar-refractivity contribution in [3.63, 3.8) is 0 Å². The van der Waals surface area contributed by atoms with Crippen LogP contribution in [0.25, 0.3) is 0 Å². The number of hydrogen-bond acceptors (Lipinski definition) is 3. The van der Waals surface area contributed by atoms with Crippen molar-refractivity contribution in [2.45, 2.75) is 19.8 Å². The normalized spacial score (nSPS) is 16.2. The molecule has 76 valence electrons. The molecule has 1 aromatic rings. The SMILES string of the molecule is CCc1ccc(C(=O)N2CCCO2)s1. The number of thiophene rings is 1. The van der Waals surface area contributed by atoms with Crippen molar-refractivity contribution < 1.29 is 9.63 Å². The Hall–Kier alpha value is -0.870. The number of aryl methyl sites for hydroxylation is 1. The summed E-state index contributed by atoms with van der Waals surface area (Å²) in [4.78, 5) is 19.0. The molecule has 1 aliphatic heterocycles. The Kier molecular flexibility index (Phi) is 2.84. The summed E-state index contributed by atoms with van der Waals surface area (Å²) in [6, 6.07) is 3.89. The van der Waals surface area contributed by atoms with Crippen LogP contribution in [0.3, 0.4) is 0 Å². The van der Waals surface area contributed by atoms with Crippen LogP contribution in [0.15, 0.2) is 12.1 Å². The molecule has 1 fully saturated rings. The summed E-state index contributed by atoms with van der Waals surface area (Å²) in [6.45, 7) is 3.47. The standard InChI is InChI=1S/C10H13NO2S/c1-2-8-4-5-9(14-8)10(12)11-6-3-7-13-11/h4-5H,2-3,6-7H2,1H3.